The Bertz CT molecular complexity index is 855. The maximum Gasteiger partial charge on any atom is 0.244 e. The van der Waals surface area contributed by atoms with Gasteiger partial charge in [-0.1, -0.05) is 12.1 Å². The number of hydrogen-bond acceptors (Lipinski definition) is 3. The monoisotopic (exact) mass is 377 g/mol. The average Bonchev–Trinajstić information content (AvgIpc) is 2.95. The number of nitrogens with zero attached hydrogens (tertiary/aromatic N) is 2. The third-order valence-corrected chi connectivity index (χ3v) is 4.39. The van der Waals surface area contributed by atoms with Crippen molar-refractivity contribution in [2.45, 2.75) is 12.5 Å². The Labute approximate surface area is 154 Å². The van der Waals surface area contributed by atoms with Crippen LogP contribution in [0.25, 0.3) is 0 Å². The fourth-order valence-electron chi connectivity index (χ4n) is 3.15. The van der Waals surface area contributed by atoms with Gasteiger partial charge in [0, 0.05) is 18.3 Å². The predicted molar refractivity (Wildman–Crippen MR) is 94.8 cm³/mol. The number of hydrogen-bond donors (Lipinski definition) is 1. The van der Waals surface area contributed by atoms with Gasteiger partial charge in [0.05, 0.1) is 18.3 Å². The molecule has 1 fully saturated rings. The number of likely N-dealkylation sites (N-methyl/N-ethyl adjacent to an activating group) is 1. The molecule has 0 spiro atoms. The Morgan fingerprint density at radius 2 is 1.85 bits per heavy atom. The number of benzene rings is 2. The van der Waals surface area contributed by atoms with E-state index in [-0.39, 0.29) is 23.8 Å². The molecule has 3 rings (SSSR count). The molecule has 1 N–H and O–H groups in total. The molecule has 1 atom stereocenters. The summed E-state index contributed by atoms with van der Waals surface area (Å²) in [6.07, 6.45) is 0.436. The van der Waals surface area contributed by atoms with Crippen LogP contribution in [-0.4, -0.2) is 42.9 Å². The fourth-order valence-corrected chi connectivity index (χ4v) is 3.15. The van der Waals surface area contributed by atoms with Gasteiger partial charge >= 0.3 is 0 Å². The SMILES string of the molecule is CN(CC(=O)Nc1cc(F)cc(F)c1)C1CCN(c2ccccc2F)C1=O. The fraction of sp³-hybridized carbons (Fsp3) is 0.263. The van der Waals surface area contributed by atoms with Crippen LogP contribution in [0.4, 0.5) is 24.5 Å². The molecule has 1 heterocycles. The van der Waals surface area contributed by atoms with Gasteiger partial charge in [-0.15, -0.1) is 0 Å². The lowest BCUT2D eigenvalue weighted by atomic mass is 10.2. The van der Waals surface area contributed by atoms with Crippen molar-refractivity contribution >= 4 is 23.2 Å². The zero-order chi connectivity index (χ0) is 19.6. The first kappa shape index (κ1) is 18.9. The van der Waals surface area contributed by atoms with Crippen LogP contribution in [0, 0.1) is 17.5 Å². The zero-order valence-corrected chi connectivity index (χ0v) is 14.6. The van der Waals surface area contributed by atoms with Gasteiger partial charge in [0.25, 0.3) is 0 Å². The van der Waals surface area contributed by atoms with Gasteiger partial charge in [-0.2, -0.15) is 0 Å². The maximum atomic E-state index is 13.9. The number of rotatable bonds is 5. The molecule has 2 aromatic rings. The first-order valence-corrected chi connectivity index (χ1v) is 8.37. The standard InChI is InChI=1S/C19H18F3N3O2/c1-24(11-18(26)23-14-9-12(20)8-13(21)10-14)17-6-7-25(19(17)27)16-5-3-2-4-15(16)22/h2-5,8-10,17H,6-7,11H2,1H3,(H,23,26). The molecular formula is C19H18F3N3O2. The molecule has 1 saturated heterocycles. The van der Waals surface area contributed by atoms with E-state index in [1.807, 2.05) is 0 Å². The molecule has 0 aromatic heterocycles. The number of carbonyl (C=O) groups excluding carboxylic acids is 2. The number of carbonyl (C=O) groups is 2. The summed E-state index contributed by atoms with van der Waals surface area (Å²) in [5, 5.41) is 2.40. The van der Waals surface area contributed by atoms with Gasteiger partial charge in [0.1, 0.15) is 17.5 Å². The number of anilines is 2. The smallest absolute Gasteiger partial charge is 0.244 e. The Balaban J connectivity index is 1.62. The number of nitrogens with one attached hydrogen (secondary N) is 1. The van der Waals surface area contributed by atoms with Gasteiger partial charge in [-0.25, -0.2) is 13.2 Å². The Morgan fingerprint density at radius 3 is 2.52 bits per heavy atom. The van der Waals surface area contributed by atoms with Gasteiger partial charge in [0.2, 0.25) is 11.8 Å². The quantitative estimate of drug-likeness (QED) is 0.872. The van der Waals surface area contributed by atoms with Crippen LogP contribution >= 0.6 is 0 Å². The summed E-state index contributed by atoms with van der Waals surface area (Å²) in [4.78, 5) is 27.6. The van der Waals surface area contributed by atoms with E-state index in [1.54, 1.807) is 19.2 Å². The van der Waals surface area contributed by atoms with E-state index in [9.17, 15) is 22.8 Å². The van der Waals surface area contributed by atoms with Gasteiger partial charge in [0.15, 0.2) is 0 Å². The van der Waals surface area contributed by atoms with E-state index in [0.717, 1.165) is 12.1 Å². The summed E-state index contributed by atoms with van der Waals surface area (Å²) < 4.78 is 40.3. The van der Waals surface area contributed by atoms with Gasteiger partial charge in [-0.05, 0) is 37.7 Å². The molecule has 2 amide bonds. The molecule has 0 saturated carbocycles. The molecule has 142 valence electrons. The topological polar surface area (TPSA) is 52.7 Å². The van der Waals surface area contributed by atoms with Crippen LogP contribution in [0.2, 0.25) is 0 Å². The molecular weight excluding hydrogens is 359 g/mol. The van der Waals surface area contributed by atoms with Crippen LogP contribution < -0.4 is 10.2 Å². The highest BCUT2D eigenvalue weighted by molar-refractivity contribution is 6.00. The highest BCUT2D eigenvalue weighted by Gasteiger charge is 2.36. The van der Waals surface area contributed by atoms with Crippen molar-refractivity contribution in [3.63, 3.8) is 0 Å². The number of halogens is 3. The maximum absolute atomic E-state index is 13.9. The third-order valence-electron chi connectivity index (χ3n) is 4.39. The van der Waals surface area contributed by atoms with Gasteiger partial charge in [-0.3, -0.25) is 14.5 Å². The summed E-state index contributed by atoms with van der Waals surface area (Å²) in [7, 11) is 1.60. The molecule has 2 aromatic carbocycles. The molecule has 1 aliphatic rings. The first-order chi connectivity index (χ1) is 12.8. The highest BCUT2D eigenvalue weighted by atomic mass is 19.1. The second-order valence-corrected chi connectivity index (χ2v) is 6.37. The zero-order valence-electron chi connectivity index (χ0n) is 14.6. The van der Waals surface area contributed by atoms with E-state index in [4.69, 9.17) is 0 Å². The van der Waals surface area contributed by atoms with Crippen LogP contribution in [-0.2, 0) is 9.59 Å². The second-order valence-electron chi connectivity index (χ2n) is 6.37. The molecule has 27 heavy (non-hydrogen) atoms. The number of amides is 2. The van der Waals surface area contributed by atoms with Crippen molar-refractivity contribution in [3.8, 4) is 0 Å². The highest BCUT2D eigenvalue weighted by Crippen LogP contribution is 2.26. The normalized spacial score (nSPS) is 16.9. The van der Waals surface area contributed by atoms with Crippen LogP contribution in [0.15, 0.2) is 42.5 Å². The van der Waals surface area contributed by atoms with Crippen molar-refractivity contribution in [1.82, 2.24) is 4.90 Å². The Morgan fingerprint density at radius 1 is 1.19 bits per heavy atom. The molecule has 8 heteroatoms. The second kappa shape index (κ2) is 7.79. The minimum atomic E-state index is -0.801. The molecule has 1 unspecified atom stereocenters. The third kappa shape index (κ3) is 4.28. The van der Waals surface area contributed by atoms with Crippen molar-refractivity contribution in [3.05, 3.63) is 59.9 Å². The summed E-state index contributed by atoms with van der Waals surface area (Å²) in [6.45, 7) is 0.186. The van der Waals surface area contributed by atoms with Crippen molar-refractivity contribution in [2.24, 2.45) is 0 Å². The van der Waals surface area contributed by atoms with E-state index < -0.39 is 29.4 Å². The largest absolute Gasteiger partial charge is 0.325 e. The summed E-state index contributed by atoms with van der Waals surface area (Å²) in [5.74, 6) is -2.90. The van der Waals surface area contributed by atoms with Crippen LogP contribution in [0.1, 0.15) is 6.42 Å². The predicted octanol–water partition coefficient (Wildman–Crippen LogP) is 2.78. The van der Waals surface area contributed by atoms with E-state index in [2.05, 4.69) is 5.32 Å². The Hall–Kier alpha value is -2.87. The van der Waals surface area contributed by atoms with Crippen molar-refractivity contribution in [1.29, 1.82) is 0 Å². The van der Waals surface area contributed by atoms with Crippen LogP contribution in [0.5, 0.6) is 0 Å². The molecule has 0 bridgehead atoms. The minimum absolute atomic E-state index is 0.00312. The molecule has 0 radical (unpaired) electrons. The van der Waals surface area contributed by atoms with E-state index in [0.29, 0.717) is 19.0 Å². The van der Waals surface area contributed by atoms with E-state index in [1.165, 1.54) is 21.9 Å². The molecule has 5 nitrogen and oxygen atoms in total. The lowest BCUT2D eigenvalue weighted by Crippen LogP contribution is -2.43. The summed E-state index contributed by atoms with van der Waals surface area (Å²) in [5.41, 5.74) is 0.203. The van der Waals surface area contributed by atoms with E-state index >= 15 is 0 Å². The van der Waals surface area contributed by atoms with Crippen molar-refractivity contribution < 1.29 is 22.8 Å². The molecule has 1 aliphatic heterocycles. The number of para-hydroxylation sites is 1. The van der Waals surface area contributed by atoms with Crippen molar-refractivity contribution in [2.75, 3.05) is 30.4 Å². The summed E-state index contributed by atoms with van der Waals surface area (Å²) in [6, 6.07) is 8.13. The summed E-state index contributed by atoms with van der Waals surface area (Å²) >= 11 is 0. The van der Waals surface area contributed by atoms with Crippen LogP contribution in [0.3, 0.4) is 0 Å². The first-order valence-electron chi connectivity index (χ1n) is 8.37. The molecule has 0 aliphatic carbocycles. The lowest BCUT2D eigenvalue weighted by Gasteiger charge is -2.23. The lowest BCUT2D eigenvalue weighted by molar-refractivity contribution is -0.123. The van der Waals surface area contributed by atoms with Gasteiger partial charge < -0.3 is 10.2 Å². The average molecular weight is 377 g/mol. The minimum Gasteiger partial charge on any atom is -0.325 e. The Kier molecular flexibility index (Phi) is 5.46.